The SMILES string of the molecule is CCC(Cl)CNS(=O)(=O)C(C)C. The normalized spacial score (nSPS) is 15.1. The van der Waals surface area contributed by atoms with E-state index in [4.69, 9.17) is 11.6 Å². The first kappa shape index (κ1) is 12.2. The van der Waals surface area contributed by atoms with Gasteiger partial charge in [0.2, 0.25) is 10.0 Å². The second-order valence-electron chi connectivity index (χ2n) is 2.95. The molecule has 1 N–H and O–H groups in total. The third kappa shape index (κ3) is 4.28. The van der Waals surface area contributed by atoms with Crippen LogP contribution in [0.5, 0.6) is 0 Å². The molecule has 0 saturated heterocycles. The van der Waals surface area contributed by atoms with E-state index in [2.05, 4.69) is 4.72 Å². The highest BCUT2D eigenvalue weighted by Gasteiger charge is 2.15. The van der Waals surface area contributed by atoms with E-state index in [1.54, 1.807) is 13.8 Å². The van der Waals surface area contributed by atoms with Gasteiger partial charge >= 0.3 is 0 Å². The maximum absolute atomic E-state index is 11.2. The first-order chi connectivity index (χ1) is 5.40. The molecule has 12 heavy (non-hydrogen) atoms. The van der Waals surface area contributed by atoms with Crippen LogP contribution in [0.15, 0.2) is 0 Å². The summed E-state index contributed by atoms with van der Waals surface area (Å²) in [5, 5.41) is -0.503. The van der Waals surface area contributed by atoms with Gasteiger partial charge in [0.25, 0.3) is 0 Å². The molecule has 1 unspecified atom stereocenters. The van der Waals surface area contributed by atoms with Crippen molar-refractivity contribution in [2.75, 3.05) is 6.54 Å². The minimum Gasteiger partial charge on any atom is -0.214 e. The fraction of sp³-hybridized carbons (Fsp3) is 1.00. The van der Waals surface area contributed by atoms with Gasteiger partial charge in [0.1, 0.15) is 0 Å². The molecule has 74 valence electrons. The Bertz CT molecular complexity index is 213. The van der Waals surface area contributed by atoms with E-state index in [1.807, 2.05) is 6.92 Å². The lowest BCUT2D eigenvalue weighted by atomic mass is 10.3. The molecule has 0 bridgehead atoms. The molecule has 0 amide bonds. The van der Waals surface area contributed by atoms with Crippen molar-refractivity contribution in [3.63, 3.8) is 0 Å². The van der Waals surface area contributed by atoms with Crippen molar-refractivity contribution in [2.24, 2.45) is 0 Å². The molecular weight excluding hydrogens is 198 g/mol. The number of sulfonamides is 1. The molecule has 0 aliphatic heterocycles. The van der Waals surface area contributed by atoms with E-state index < -0.39 is 15.3 Å². The molecular formula is C7H16ClNO2S. The number of nitrogens with one attached hydrogen (secondary N) is 1. The first-order valence-electron chi connectivity index (χ1n) is 4.02. The van der Waals surface area contributed by atoms with Crippen LogP contribution in [0.4, 0.5) is 0 Å². The summed E-state index contributed by atoms with van der Waals surface area (Å²) in [5.41, 5.74) is 0. The summed E-state index contributed by atoms with van der Waals surface area (Å²) in [4.78, 5) is 0. The summed E-state index contributed by atoms with van der Waals surface area (Å²) in [6.45, 7) is 5.51. The summed E-state index contributed by atoms with van der Waals surface area (Å²) in [6, 6.07) is 0. The Labute approximate surface area is 79.5 Å². The maximum Gasteiger partial charge on any atom is 0.213 e. The van der Waals surface area contributed by atoms with Gasteiger partial charge in [0.15, 0.2) is 0 Å². The second-order valence-corrected chi connectivity index (χ2v) is 5.89. The number of halogens is 1. The van der Waals surface area contributed by atoms with E-state index in [0.29, 0.717) is 6.54 Å². The highest BCUT2D eigenvalue weighted by atomic mass is 35.5. The molecule has 0 radical (unpaired) electrons. The molecule has 0 fully saturated rings. The average molecular weight is 214 g/mol. The fourth-order valence-corrected chi connectivity index (χ4v) is 1.45. The largest absolute Gasteiger partial charge is 0.214 e. The molecule has 0 aliphatic rings. The Morgan fingerprint density at radius 3 is 2.25 bits per heavy atom. The lowest BCUT2D eigenvalue weighted by Gasteiger charge is -2.11. The van der Waals surface area contributed by atoms with Crippen molar-refractivity contribution in [2.45, 2.75) is 37.8 Å². The van der Waals surface area contributed by atoms with Crippen molar-refractivity contribution in [1.29, 1.82) is 0 Å². The minimum atomic E-state index is -3.14. The molecule has 0 spiro atoms. The monoisotopic (exact) mass is 213 g/mol. The third-order valence-electron chi connectivity index (χ3n) is 1.57. The van der Waals surface area contributed by atoms with Crippen LogP contribution < -0.4 is 4.72 Å². The molecule has 0 saturated carbocycles. The summed E-state index contributed by atoms with van der Waals surface area (Å²) in [6.07, 6.45) is 0.766. The molecule has 1 atom stereocenters. The quantitative estimate of drug-likeness (QED) is 0.701. The molecule has 0 aromatic heterocycles. The first-order valence-corrected chi connectivity index (χ1v) is 6.01. The number of alkyl halides is 1. The zero-order valence-electron chi connectivity index (χ0n) is 7.67. The van der Waals surface area contributed by atoms with Gasteiger partial charge in [-0.15, -0.1) is 11.6 Å². The second kappa shape index (κ2) is 5.04. The van der Waals surface area contributed by atoms with Crippen LogP contribution in [0, 0.1) is 0 Å². The Morgan fingerprint density at radius 2 is 1.92 bits per heavy atom. The zero-order valence-corrected chi connectivity index (χ0v) is 9.24. The van der Waals surface area contributed by atoms with Crippen LogP contribution >= 0.6 is 11.6 Å². The van der Waals surface area contributed by atoms with E-state index in [9.17, 15) is 8.42 Å². The van der Waals surface area contributed by atoms with Gasteiger partial charge in [-0.3, -0.25) is 0 Å². The Kier molecular flexibility index (Phi) is 5.13. The summed E-state index contributed by atoms with van der Waals surface area (Å²) >= 11 is 5.75. The highest BCUT2D eigenvalue weighted by Crippen LogP contribution is 2.01. The molecule has 0 aromatic carbocycles. The van der Waals surface area contributed by atoms with Gasteiger partial charge in [-0.1, -0.05) is 6.92 Å². The predicted octanol–water partition coefficient (Wildman–Crippen LogP) is 1.33. The van der Waals surface area contributed by atoms with Gasteiger partial charge in [-0.05, 0) is 20.3 Å². The topological polar surface area (TPSA) is 46.2 Å². The van der Waals surface area contributed by atoms with Crippen LogP contribution in [-0.2, 0) is 10.0 Å². The Balaban J connectivity index is 3.94. The maximum atomic E-state index is 11.2. The molecule has 0 rings (SSSR count). The van der Waals surface area contributed by atoms with Crippen molar-refractivity contribution in [3.05, 3.63) is 0 Å². The highest BCUT2D eigenvalue weighted by molar-refractivity contribution is 7.90. The van der Waals surface area contributed by atoms with Gasteiger partial charge in [-0.25, -0.2) is 13.1 Å². The lowest BCUT2D eigenvalue weighted by Crippen LogP contribution is -2.34. The average Bonchev–Trinajstić information content (AvgIpc) is 2.00. The number of hydrogen-bond acceptors (Lipinski definition) is 2. The van der Waals surface area contributed by atoms with Gasteiger partial charge in [0.05, 0.1) is 5.25 Å². The summed E-state index contributed by atoms with van der Waals surface area (Å²) in [5.74, 6) is 0. The van der Waals surface area contributed by atoms with Crippen LogP contribution in [-0.4, -0.2) is 25.6 Å². The lowest BCUT2D eigenvalue weighted by molar-refractivity contribution is 0.570. The van der Waals surface area contributed by atoms with Gasteiger partial charge in [0, 0.05) is 11.9 Å². The van der Waals surface area contributed by atoms with Crippen molar-refractivity contribution in [1.82, 2.24) is 4.72 Å². The zero-order chi connectivity index (χ0) is 9.78. The van der Waals surface area contributed by atoms with Crippen LogP contribution in [0.2, 0.25) is 0 Å². The Hall–Kier alpha value is 0.200. The standard InChI is InChI=1S/C7H16ClNO2S/c1-4-7(8)5-9-12(10,11)6(2)3/h6-7,9H,4-5H2,1-3H3. The van der Waals surface area contributed by atoms with Crippen LogP contribution in [0.3, 0.4) is 0 Å². The minimum absolute atomic E-state index is 0.112. The van der Waals surface area contributed by atoms with Gasteiger partial charge < -0.3 is 0 Å². The van der Waals surface area contributed by atoms with E-state index in [-0.39, 0.29) is 5.38 Å². The molecule has 0 heterocycles. The van der Waals surface area contributed by atoms with E-state index >= 15 is 0 Å². The van der Waals surface area contributed by atoms with Crippen LogP contribution in [0.25, 0.3) is 0 Å². The van der Waals surface area contributed by atoms with Crippen molar-refractivity contribution in [3.8, 4) is 0 Å². The van der Waals surface area contributed by atoms with Crippen molar-refractivity contribution >= 4 is 21.6 Å². The third-order valence-corrected chi connectivity index (χ3v) is 3.84. The fourth-order valence-electron chi connectivity index (χ4n) is 0.518. The number of rotatable bonds is 5. The van der Waals surface area contributed by atoms with E-state index in [1.165, 1.54) is 0 Å². The molecule has 0 aromatic rings. The van der Waals surface area contributed by atoms with Crippen LogP contribution in [0.1, 0.15) is 27.2 Å². The Morgan fingerprint density at radius 1 is 1.42 bits per heavy atom. The van der Waals surface area contributed by atoms with E-state index in [0.717, 1.165) is 6.42 Å². The summed E-state index contributed by atoms with van der Waals surface area (Å²) < 4.78 is 24.8. The van der Waals surface area contributed by atoms with Crippen molar-refractivity contribution < 1.29 is 8.42 Å². The summed E-state index contributed by atoms with van der Waals surface area (Å²) in [7, 11) is -3.14. The molecule has 0 aliphatic carbocycles. The molecule has 5 heteroatoms. The number of hydrogen-bond donors (Lipinski definition) is 1. The predicted molar refractivity (Wildman–Crippen MR) is 52.0 cm³/mol. The smallest absolute Gasteiger partial charge is 0.213 e. The molecule has 3 nitrogen and oxygen atoms in total. The van der Waals surface area contributed by atoms with Gasteiger partial charge in [-0.2, -0.15) is 0 Å².